The van der Waals surface area contributed by atoms with Crippen LogP contribution >= 0.6 is 11.8 Å². The molecule has 4 nitrogen and oxygen atoms in total. The van der Waals surface area contributed by atoms with E-state index in [2.05, 4.69) is 0 Å². The van der Waals surface area contributed by atoms with Crippen LogP contribution in [0.5, 0.6) is 5.88 Å². The highest BCUT2D eigenvalue weighted by molar-refractivity contribution is 7.99. The van der Waals surface area contributed by atoms with Crippen LogP contribution in [0.4, 0.5) is 0 Å². The summed E-state index contributed by atoms with van der Waals surface area (Å²) in [7, 11) is 0. The summed E-state index contributed by atoms with van der Waals surface area (Å²) in [5.41, 5.74) is 1.20. The largest absolute Gasteiger partial charge is 0.477 e. The molecule has 0 amide bonds. The summed E-state index contributed by atoms with van der Waals surface area (Å²) >= 11 is 1.69. The number of aromatic nitrogens is 2. The van der Waals surface area contributed by atoms with Gasteiger partial charge in [-0.2, -0.15) is 9.13 Å². The van der Waals surface area contributed by atoms with Crippen molar-refractivity contribution in [1.29, 1.82) is 0 Å². The number of hydrogen-bond donors (Lipinski definition) is 1. The molecule has 1 saturated carbocycles. The lowest BCUT2D eigenvalue weighted by Gasteiger charge is -2.21. The first-order valence-electron chi connectivity index (χ1n) is 8.37. The maximum absolute atomic E-state index is 13.2. The molecule has 2 aromatic rings. The van der Waals surface area contributed by atoms with Crippen LogP contribution in [0, 0.1) is 0 Å². The molecule has 0 unspecified atom stereocenters. The quantitative estimate of drug-likeness (QED) is 0.680. The number of nitrogens with zero attached hydrogens (tertiary/aromatic N) is 2. The van der Waals surface area contributed by atoms with Crippen LogP contribution < -0.4 is 10.1 Å². The fourth-order valence-corrected chi connectivity index (χ4v) is 4.92. The molecule has 1 aromatic heterocycles. The van der Waals surface area contributed by atoms with Gasteiger partial charge in [0.05, 0.1) is 0 Å². The lowest BCUT2D eigenvalue weighted by molar-refractivity contribution is -0.734. The molecule has 2 heterocycles. The zero-order chi connectivity index (χ0) is 15.8. The van der Waals surface area contributed by atoms with E-state index >= 15 is 0 Å². The Morgan fingerprint density at radius 3 is 2.61 bits per heavy atom. The second-order valence-corrected chi connectivity index (χ2v) is 7.38. The third-order valence-corrected chi connectivity index (χ3v) is 5.96. The van der Waals surface area contributed by atoms with Gasteiger partial charge in [0.2, 0.25) is 0 Å². The molecule has 0 radical (unpaired) electrons. The maximum Gasteiger partial charge on any atom is 0.350 e. The average Bonchev–Trinajstić information content (AvgIpc) is 3.07. The fraction of sp³-hybridized carbons (Fsp3) is 0.444. The third kappa shape index (κ3) is 2.47. The van der Waals surface area contributed by atoms with Crippen molar-refractivity contribution < 1.29 is 9.67 Å². The summed E-state index contributed by atoms with van der Waals surface area (Å²) in [5.74, 6) is 1.03. The molecule has 23 heavy (non-hydrogen) atoms. The predicted molar refractivity (Wildman–Crippen MR) is 90.8 cm³/mol. The van der Waals surface area contributed by atoms with Gasteiger partial charge in [-0.05, 0) is 43.0 Å². The summed E-state index contributed by atoms with van der Waals surface area (Å²) in [6, 6.07) is 9.81. The van der Waals surface area contributed by atoms with Gasteiger partial charge in [-0.3, -0.25) is 0 Å². The molecule has 0 spiro atoms. The summed E-state index contributed by atoms with van der Waals surface area (Å²) in [4.78, 5) is 13.2. The van der Waals surface area contributed by atoms with E-state index in [1.807, 2.05) is 39.5 Å². The number of rotatable bonds is 2. The Morgan fingerprint density at radius 1 is 1.13 bits per heavy atom. The lowest BCUT2D eigenvalue weighted by atomic mass is 9.95. The molecule has 1 aliphatic carbocycles. The Labute approximate surface area is 139 Å². The average molecular weight is 329 g/mol. The van der Waals surface area contributed by atoms with E-state index in [4.69, 9.17) is 0 Å². The lowest BCUT2D eigenvalue weighted by Crippen LogP contribution is -2.43. The molecule has 1 fully saturated rings. The number of hydrogen-bond acceptors (Lipinski definition) is 3. The van der Waals surface area contributed by atoms with Crippen LogP contribution in [0.25, 0.3) is 11.1 Å². The monoisotopic (exact) mass is 329 g/mol. The molecule has 1 aromatic carbocycles. The minimum Gasteiger partial charge on any atom is -0.477 e. The highest BCUT2D eigenvalue weighted by Gasteiger charge is 2.36. The van der Waals surface area contributed by atoms with Crippen LogP contribution in [0.3, 0.4) is 0 Å². The molecule has 0 saturated heterocycles. The van der Waals surface area contributed by atoms with Crippen LogP contribution in [0.2, 0.25) is 0 Å². The van der Waals surface area contributed by atoms with Crippen molar-refractivity contribution in [1.82, 2.24) is 4.57 Å². The van der Waals surface area contributed by atoms with Crippen molar-refractivity contribution in [3.05, 3.63) is 40.7 Å². The molecule has 2 aliphatic rings. The van der Waals surface area contributed by atoms with E-state index in [-0.39, 0.29) is 17.5 Å². The zero-order valence-electron chi connectivity index (χ0n) is 13.1. The van der Waals surface area contributed by atoms with Gasteiger partial charge >= 0.3 is 10.7 Å². The molecular weight excluding hydrogens is 308 g/mol. The summed E-state index contributed by atoms with van der Waals surface area (Å²) in [6.45, 7) is 0.763. The van der Waals surface area contributed by atoms with Crippen LogP contribution in [0.15, 0.2) is 40.3 Å². The Hall–Kier alpha value is -1.75. The van der Waals surface area contributed by atoms with E-state index in [9.17, 15) is 9.90 Å². The van der Waals surface area contributed by atoms with Crippen molar-refractivity contribution in [3.8, 4) is 17.0 Å². The van der Waals surface area contributed by atoms with Gasteiger partial charge in [-0.15, -0.1) is 0 Å². The smallest absolute Gasteiger partial charge is 0.350 e. The molecular formula is C18H21N2O2S+. The van der Waals surface area contributed by atoms with Gasteiger partial charge in [0.1, 0.15) is 12.6 Å². The Bertz CT molecular complexity index is 780. The second kappa shape index (κ2) is 6.04. The molecule has 1 N–H and O–H groups in total. The van der Waals surface area contributed by atoms with Crippen molar-refractivity contribution in [3.63, 3.8) is 0 Å². The number of thioether (sulfide) groups is 1. The van der Waals surface area contributed by atoms with Gasteiger partial charge in [0.25, 0.3) is 5.88 Å². The van der Waals surface area contributed by atoms with Gasteiger partial charge in [-0.1, -0.05) is 36.8 Å². The summed E-state index contributed by atoms with van der Waals surface area (Å²) < 4.78 is 3.89. The highest BCUT2D eigenvalue weighted by Crippen LogP contribution is 2.34. The first-order chi connectivity index (χ1) is 11.3. The van der Waals surface area contributed by atoms with Crippen LogP contribution in [-0.4, -0.2) is 15.4 Å². The number of benzene rings is 1. The standard InChI is InChI=1S/C18H20N2O2S/c21-16-15(13-7-3-1-4-8-13)17(22)20(14-9-5-2-6-10-14)18-19(16)11-12-23-18/h1,3-4,7-8,14H,2,5-6,9-12H2/p+1. The molecule has 1 aliphatic heterocycles. The molecule has 120 valence electrons. The van der Waals surface area contributed by atoms with Crippen molar-refractivity contribution >= 4 is 11.8 Å². The molecule has 0 atom stereocenters. The summed E-state index contributed by atoms with van der Waals surface area (Å²) in [6.07, 6.45) is 5.75. The topological polar surface area (TPSA) is 46.1 Å². The molecule has 0 bridgehead atoms. The Kier molecular flexibility index (Phi) is 3.89. The van der Waals surface area contributed by atoms with E-state index in [0.717, 1.165) is 35.9 Å². The first kappa shape index (κ1) is 14.8. The van der Waals surface area contributed by atoms with Crippen LogP contribution in [0.1, 0.15) is 38.1 Å². The zero-order valence-corrected chi connectivity index (χ0v) is 13.9. The predicted octanol–water partition coefficient (Wildman–Crippen LogP) is 3.12. The van der Waals surface area contributed by atoms with Gasteiger partial charge in [0.15, 0.2) is 5.56 Å². The van der Waals surface area contributed by atoms with E-state index in [0.29, 0.717) is 5.56 Å². The van der Waals surface area contributed by atoms with E-state index in [1.165, 1.54) is 19.3 Å². The van der Waals surface area contributed by atoms with Gasteiger partial charge < -0.3 is 5.11 Å². The second-order valence-electron chi connectivity index (χ2n) is 6.31. The van der Waals surface area contributed by atoms with Gasteiger partial charge in [-0.25, -0.2) is 4.79 Å². The van der Waals surface area contributed by atoms with E-state index in [1.54, 1.807) is 11.8 Å². The van der Waals surface area contributed by atoms with E-state index < -0.39 is 0 Å². The van der Waals surface area contributed by atoms with Crippen LogP contribution in [-0.2, 0) is 6.54 Å². The van der Waals surface area contributed by atoms with Crippen molar-refractivity contribution in [2.45, 2.75) is 49.8 Å². The van der Waals surface area contributed by atoms with Crippen molar-refractivity contribution in [2.75, 3.05) is 5.75 Å². The fourth-order valence-electron chi connectivity index (χ4n) is 3.75. The molecule has 4 rings (SSSR count). The van der Waals surface area contributed by atoms with Gasteiger partial charge in [0, 0.05) is 5.75 Å². The third-order valence-electron chi connectivity index (χ3n) is 4.90. The first-order valence-corrected chi connectivity index (χ1v) is 9.35. The SMILES string of the molecule is O=c1c(-c2ccccc2)c(O)[n+]2c(n1C1CCCCC1)SCC2. The van der Waals surface area contributed by atoms with Crippen molar-refractivity contribution in [2.24, 2.45) is 0 Å². The summed E-state index contributed by atoms with van der Waals surface area (Å²) in [5, 5.41) is 11.6. The Balaban J connectivity index is 1.96. The number of aromatic hydroxyl groups is 1. The minimum atomic E-state index is -0.0405. The number of fused-ring (bicyclic) bond motifs is 1. The maximum atomic E-state index is 13.2. The minimum absolute atomic E-state index is 0.0405. The molecule has 5 heteroatoms. The Morgan fingerprint density at radius 2 is 1.87 bits per heavy atom. The normalized spacial score (nSPS) is 18.1. The highest BCUT2D eigenvalue weighted by atomic mass is 32.2.